The van der Waals surface area contributed by atoms with E-state index in [9.17, 15) is 0 Å². The quantitative estimate of drug-likeness (QED) is 0.516. The molecule has 1 aromatic rings. The maximum Gasteiger partial charge on any atom is 0.127 e. The first kappa shape index (κ1) is 11.6. The van der Waals surface area contributed by atoms with Crippen LogP contribution in [0.1, 0.15) is 25.8 Å². The molecule has 15 heavy (non-hydrogen) atoms. The standard InChI is InChI=1S/C14H18O/c1-5-6-13-7-9-14(10-8-13)15-12(4)11(2)3/h7-10H,2,4-6H2,1,3H3. The lowest BCUT2D eigenvalue weighted by Gasteiger charge is -2.08. The van der Waals surface area contributed by atoms with E-state index in [0.29, 0.717) is 5.76 Å². The van der Waals surface area contributed by atoms with E-state index in [1.165, 1.54) is 12.0 Å². The zero-order chi connectivity index (χ0) is 11.3. The van der Waals surface area contributed by atoms with Gasteiger partial charge in [-0.1, -0.05) is 38.6 Å². The van der Waals surface area contributed by atoms with Crippen molar-refractivity contribution >= 4 is 0 Å². The van der Waals surface area contributed by atoms with Crippen LogP contribution >= 0.6 is 0 Å². The molecule has 1 rings (SSSR count). The van der Waals surface area contributed by atoms with Crippen LogP contribution in [0.15, 0.2) is 48.8 Å². The van der Waals surface area contributed by atoms with Gasteiger partial charge in [0.05, 0.1) is 0 Å². The zero-order valence-corrected chi connectivity index (χ0v) is 9.55. The first-order valence-electron chi connectivity index (χ1n) is 5.25. The number of rotatable bonds is 5. The third-order valence-electron chi connectivity index (χ3n) is 2.18. The van der Waals surface area contributed by atoms with Crippen molar-refractivity contribution in [3.63, 3.8) is 0 Å². The van der Waals surface area contributed by atoms with Crippen molar-refractivity contribution in [1.82, 2.24) is 0 Å². The van der Waals surface area contributed by atoms with Gasteiger partial charge in [0.2, 0.25) is 0 Å². The molecule has 0 aromatic heterocycles. The summed E-state index contributed by atoms with van der Waals surface area (Å²) in [6.45, 7) is 11.6. The molecule has 0 spiro atoms. The molecule has 0 N–H and O–H groups in total. The number of allylic oxidation sites excluding steroid dienone is 1. The normalized spacial score (nSPS) is 9.73. The number of benzene rings is 1. The SMILES string of the molecule is C=C(C)C(=C)Oc1ccc(CCC)cc1. The summed E-state index contributed by atoms with van der Waals surface area (Å²) in [5.41, 5.74) is 2.19. The molecule has 0 bridgehead atoms. The predicted molar refractivity (Wildman–Crippen MR) is 65.0 cm³/mol. The summed E-state index contributed by atoms with van der Waals surface area (Å²) in [5, 5.41) is 0. The fourth-order valence-electron chi connectivity index (χ4n) is 1.24. The van der Waals surface area contributed by atoms with Crippen molar-refractivity contribution in [2.75, 3.05) is 0 Å². The first-order chi connectivity index (χ1) is 7.13. The van der Waals surface area contributed by atoms with E-state index in [-0.39, 0.29) is 0 Å². The van der Waals surface area contributed by atoms with Gasteiger partial charge in [-0.2, -0.15) is 0 Å². The second-order valence-electron chi connectivity index (χ2n) is 3.70. The van der Waals surface area contributed by atoms with Crippen molar-refractivity contribution in [3.8, 4) is 5.75 Å². The monoisotopic (exact) mass is 202 g/mol. The molecule has 1 aromatic carbocycles. The van der Waals surface area contributed by atoms with Gasteiger partial charge in [0.1, 0.15) is 11.5 Å². The summed E-state index contributed by atoms with van der Waals surface area (Å²) in [4.78, 5) is 0. The molecule has 0 atom stereocenters. The Hall–Kier alpha value is -1.50. The highest BCUT2D eigenvalue weighted by Gasteiger charge is 1.98. The summed E-state index contributed by atoms with van der Waals surface area (Å²) in [5.74, 6) is 1.45. The molecule has 1 heteroatoms. The van der Waals surface area contributed by atoms with Gasteiger partial charge >= 0.3 is 0 Å². The largest absolute Gasteiger partial charge is 0.458 e. The van der Waals surface area contributed by atoms with Crippen LogP contribution in [0.2, 0.25) is 0 Å². The second-order valence-corrected chi connectivity index (χ2v) is 3.70. The van der Waals surface area contributed by atoms with Gasteiger partial charge in [-0.15, -0.1) is 0 Å². The molecule has 0 fully saturated rings. The average molecular weight is 202 g/mol. The van der Waals surface area contributed by atoms with E-state index >= 15 is 0 Å². The molecular formula is C14H18O. The molecule has 1 nitrogen and oxygen atoms in total. The van der Waals surface area contributed by atoms with Gasteiger partial charge < -0.3 is 4.74 Å². The summed E-state index contributed by atoms with van der Waals surface area (Å²) in [6, 6.07) is 8.12. The minimum atomic E-state index is 0.623. The van der Waals surface area contributed by atoms with Gasteiger partial charge in [0.15, 0.2) is 0 Å². The summed E-state index contributed by atoms with van der Waals surface area (Å²) in [6.07, 6.45) is 2.28. The van der Waals surface area contributed by atoms with Crippen LogP contribution in [-0.2, 0) is 6.42 Å². The Morgan fingerprint density at radius 2 is 1.80 bits per heavy atom. The summed E-state index contributed by atoms with van der Waals surface area (Å²) >= 11 is 0. The molecule has 0 aliphatic rings. The molecule has 0 radical (unpaired) electrons. The van der Waals surface area contributed by atoms with Crippen molar-refractivity contribution in [1.29, 1.82) is 0 Å². The highest BCUT2D eigenvalue weighted by Crippen LogP contribution is 2.17. The maximum absolute atomic E-state index is 5.51. The third kappa shape index (κ3) is 3.62. The fourth-order valence-corrected chi connectivity index (χ4v) is 1.24. The molecule has 80 valence electrons. The topological polar surface area (TPSA) is 9.23 Å². The third-order valence-corrected chi connectivity index (χ3v) is 2.18. The van der Waals surface area contributed by atoms with E-state index in [4.69, 9.17) is 4.74 Å². The van der Waals surface area contributed by atoms with Crippen molar-refractivity contribution in [2.45, 2.75) is 26.7 Å². The Morgan fingerprint density at radius 3 is 2.27 bits per heavy atom. The lowest BCUT2D eigenvalue weighted by Crippen LogP contribution is -1.94. The Balaban J connectivity index is 2.64. The second kappa shape index (κ2) is 5.40. The van der Waals surface area contributed by atoms with Gasteiger partial charge in [-0.25, -0.2) is 0 Å². The number of ether oxygens (including phenoxy) is 1. The number of hydrogen-bond acceptors (Lipinski definition) is 1. The van der Waals surface area contributed by atoms with E-state index in [1.54, 1.807) is 0 Å². The van der Waals surface area contributed by atoms with Crippen molar-refractivity contribution in [3.05, 3.63) is 54.3 Å². The minimum Gasteiger partial charge on any atom is -0.458 e. The summed E-state index contributed by atoms with van der Waals surface area (Å²) < 4.78 is 5.51. The van der Waals surface area contributed by atoms with Gasteiger partial charge in [0.25, 0.3) is 0 Å². The highest BCUT2D eigenvalue weighted by molar-refractivity contribution is 5.31. The predicted octanol–water partition coefficient (Wildman–Crippen LogP) is 4.11. The lowest BCUT2D eigenvalue weighted by atomic mass is 10.1. The highest BCUT2D eigenvalue weighted by atomic mass is 16.5. The van der Waals surface area contributed by atoms with Gasteiger partial charge in [-0.05, 0) is 36.6 Å². The first-order valence-corrected chi connectivity index (χ1v) is 5.25. The van der Waals surface area contributed by atoms with Gasteiger partial charge in [-0.3, -0.25) is 0 Å². The molecule has 0 saturated heterocycles. The Kier molecular flexibility index (Phi) is 4.17. The maximum atomic E-state index is 5.51. The number of hydrogen-bond donors (Lipinski definition) is 0. The van der Waals surface area contributed by atoms with Crippen LogP contribution in [-0.4, -0.2) is 0 Å². The molecule has 0 aliphatic heterocycles. The summed E-state index contributed by atoms with van der Waals surface area (Å²) in [7, 11) is 0. The molecule has 0 heterocycles. The minimum absolute atomic E-state index is 0.623. The van der Waals surface area contributed by atoms with E-state index in [0.717, 1.165) is 17.7 Å². The smallest absolute Gasteiger partial charge is 0.127 e. The lowest BCUT2D eigenvalue weighted by molar-refractivity contribution is 0.439. The molecule has 0 saturated carbocycles. The Morgan fingerprint density at radius 1 is 1.20 bits per heavy atom. The molecule has 0 aliphatic carbocycles. The average Bonchev–Trinajstić information content (AvgIpc) is 2.21. The van der Waals surface area contributed by atoms with Crippen LogP contribution in [0.5, 0.6) is 5.75 Å². The molecular weight excluding hydrogens is 184 g/mol. The van der Waals surface area contributed by atoms with E-state index < -0.39 is 0 Å². The van der Waals surface area contributed by atoms with Crippen molar-refractivity contribution in [2.24, 2.45) is 0 Å². The van der Waals surface area contributed by atoms with Crippen molar-refractivity contribution < 1.29 is 4.74 Å². The number of aryl methyl sites for hydroxylation is 1. The molecule has 0 amide bonds. The van der Waals surface area contributed by atoms with E-state index in [2.05, 4.69) is 32.2 Å². The van der Waals surface area contributed by atoms with E-state index in [1.807, 2.05) is 19.1 Å². The Bertz CT molecular complexity index is 346. The van der Waals surface area contributed by atoms with Crippen LogP contribution in [0, 0.1) is 0 Å². The Labute approximate surface area is 92.1 Å². The molecule has 0 unspecified atom stereocenters. The van der Waals surface area contributed by atoms with Crippen LogP contribution < -0.4 is 4.74 Å². The van der Waals surface area contributed by atoms with Crippen LogP contribution in [0.4, 0.5) is 0 Å². The van der Waals surface area contributed by atoms with Crippen LogP contribution in [0.3, 0.4) is 0 Å². The fraction of sp³-hybridized carbons (Fsp3) is 0.286. The van der Waals surface area contributed by atoms with Gasteiger partial charge in [0, 0.05) is 0 Å². The zero-order valence-electron chi connectivity index (χ0n) is 9.55. The van der Waals surface area contributed by atoms with Crippen LogP contribution in [0.25, 0.3) is 0 Å².